The topological polar surface area (TPSA) is 75.6 Å². The maximum Gasteiger partial charge on any atom is 0.251 e. The van der Waals surface area contributed by atoms with Crippen LogP contribution in [-0.4, -0.2) is 79.8 Å². The van der Waals surface area contributed by atoms with Gasteiger partial charge in [0.1, 0.15) is 23.7 Å². The first kappa shape index (κ1) is 22.7. The number of aliphatic imine (C=N–C) groups is 1. The van der Waals surface area contributed by atoms with Crippen molar-refractivity contribution in [1.82, 2.24) is 15.1 Å². The lowest BCUT2D eigenvalue weighted by atomic mass is 10.1. The van der Waals surface area contributed by atoms with Gasteiger partial charge in [-0.15, -0.1) is 0 Å². The van der Waals surface area contributed by atoms with Crippen molar-refractivity contribution in [2.75, 3.05) is 45.9 Å². The molecule has 1 N–H and O–H groups in total. The fourth-order valence-electron chi connectivity index (χ4n) is 4.60. The second-order valence-corrected chi connectivity index (χ2v) is 8.62. The molecule has 176 valence electrons. The molecule has 0 radical (unpaired) electrons. The third-order valence-corrected chi connectivity index (χ3v) is 6.21. The average molecular weight is 445 g/mol. The molecule has 2 fully saturated rings. The molecule has 0 bridgehead atoms. The summed E-state index contributed by atoms with van der Waals surface area (Å²) in [6.07, 6.45) is 2.68. The number of rotatable bonds is 6. The van der Waals surface area contributed by atoms with Crippen LogP contribution in [0.3, 0.4) is 0 Å². The Bertz CT molecular complexity index is 830. The fourth-order valence-corrected chi connectivity index (χ4v) is 4.60. The first-order chi connectivity index (χ1) is 15.6. The lowest BCUT2D eigenvalue weighted by Gasteiger charge is -2.37. The summed E-state index contributed by atoms with van der Waals surface area (Å²) in [7, 11) is 0. The standard InChI is InChI=1S/C24H36N4O4/c1-4-25-24(28-10-8-27(9-11-28)23(29)20-7-6-12-31-20)26-16-19-15-22-18(13-17(3)32-22)14-21(19)30-5-2/h14-15,17,20H,4-13,16H2,1-3H3,(H,25,26). The number of nitrogens with one attached hydrogen (secondary N) is 1. The maximum atomic E-state index is 12.6. The maximum absolute atomic E-state index is 12.6. The van der Waals surface area contributed by atoms with Crippen LogP contribution in [0.15, 0.2) is 17.1 Å². The summed E-state index contributed by atoms with van der Waals surface area (Å²) in [5.41, 5.74) is 2.23. The number of fused-ring (bicyclic) bond motifs is 1. The van der Waals surface area contributed by atoms with E-state index in [1.165, 1.54) is 5.56 Å². The van der Waals surface area contributed by atoms with Crippen molar-refractivity contribution in [2.45, 2.75) is 58.8 Å². The van der Waals surface area contributed by atoms with E-state index in [4.69, 9.17) is 19.2 Å². The molecule has 2 saturated heterocycles. The fraction of sp³-hybridized carbons (Fsp3) is 0.667. The summed E-state index contributed by atoms with van der Waals surface area (Å²) in [6.45, 7) is 11.7. The van der Waals surface area contributed by atoms with Crippen LogP contribution < -0.4 is 14.8 Å². The minimum Gasteiger partial charge on any atom is -0.494 e. The first-order valence-corrected chi connectivity index (χ1v) is 12.0. The van der Waals surface area contributed by atoms with Crippen LogP contribution in [0.4, 0.5) is 0 Å². The molecule has 32 heavy (non-hydrogen) atoms. The number of carbonyl (C=O) groups is 1. The van der Waals surface area contributed by atoms with Crippen molar-refractivity contribution in [3.8, 4) is 11.5 Å². The molecule has 8 heteroatoms. The van der Waals surface area contributed by atoms with E-state index in [-0.39, 0.29) is 18.1 Å². The molecule has 1 aromatic carbocycles. The highest BCUT2D eigenvalue weighted by atomic mass is 16.5. The van der Waals surface area contributed by atoms with Gasteiger partial charge in [-0.05, 0) is 45.7 Å². The minimum absolute atomic E-state index is 0.137. The van der Waals surface area contributed by atoms with Crippen LogP contribution in [-0.2, 0) is 22.5 Å². The molecular weight excluding hydrogens is 408 g/mol. The molecule has 1 amide bonds. The zero-order chi connectivity index (χ0) is 22.5. The number of ether oxygens (including phenoxy) is 3. The van der Waals surface area contributed by atoms with Crippen LogP contribution in [0, 0.1) is 0 Å². The molecular formula is C24H36N4O4. The van der Waals surface area contributed by atoms with Crippen molar-refractivity contribution in [1.29, 1.82) is 0 Å². The van der Waals surface area contributed by atoms with Crippen molar-refractivity contribution in [3.63, 3.8) is 0 Å². The van der Waals surface area contributed by atoms with Crippen LogP contribution >= 0.6 is 0 Å². The SMILES string of the molecule is CCNC(=NCc1cc2c(cc1OCC)CC(C)O2)N1CCN(C(=O)C2CCCO2)CC1. The van der Waals surface area contributed by atoms with Gasteiger partial charge in [0.25, 0.3) is 5.91 Å². The van der Waals surface area contributed by atoms with Gasteiger partial charge in [0.15, 0.2) is 5.96 Å². The normalized spacial score (nSPS) is 23.2. The van der Waals surface area contributed by atoms with Gasteiger partial charge in [-0.25, -0.2) is 4.99 Å². The van der Waals surface area contributed by atoms with Crippen LogP contribution in [0.25, 0.3) is 0 Å². The van der Waals surface area contributed by atoms with Gasteiger partial charge in [-0.3, -0.25) is 4.79 Å². The van der Waals surface area contributed by atoms with Crippen LogP contribution in [0.5, 0.6) is 11.5 Å². The molecule has 4 rings (SSSR count). The van der Waals surface area contributed by atoms with Gasteiger partial charge < -0.3 is 29.3 Å². The summed E-state index contributed by atoms with van der Waals surface area (Å²) in [6, 6.07) is 4.19. The van der Waals surface area contributed by atoms with Gasteiger partial charge in [-0.1, -0.05) is 0 Å². The largest absolute Gasteiger partial charge is 0.494 e. The summed E-state index contributed by atoms with van der Waals surface area (Å²) in [4.78, 5) is 21.7. The zero-order valence-electron chi connectivity index (χ0n) is 19.6. The molecule has 2 atom stereocenters. The van der Waals surface area contributed by atoms with Crippen molar-refractivity contribution < 1.29 is 19.0 Å². The third kappa shape index (κ3) is 5.11. The average Bonchev–Trinajstić information content (AvgIpc) is 3.45. The molecule has 3 aliphatic heterocycles. The predicted octanol–water partition coefficient (Wildman–Crippen LogP) is 2.20. The lowest BCUT2D eigenvalue weighted by molar-refractivity contribution is -0.142. The molecule has 0 aliphatic carbocycles. The zero-order valence-corrected chi connectivity index (χ0v) is 19.6. The van der Waals surface area contributed by atoms with E-state index in [2.05, 4.69) is 36.2 Å². The Labute approximate surface area is 190 Å². The van der Waals surface area contributed by atoms with E-state index >= 15 is 0 Å². The summed E-state index contributed by atoms with van der Waals surface area (Å²) >= 11 is 0. The predicted molar refractivity (Wildman–Crippen MR) is 123 cm³/mol. The van der Waals surface area contributed by atoms with Crippen molar-refractivity contribution in [2.24, 2.45) is 4.99 Å². The molecule has 0 saturated carbocycles. The minimum atomic E-state index is -0.245. The van der Waals surface area contributed by atoms with Gasteiger partial charge in [0, 0.05) is 56.9 Å². The lowest BCUT2D eigenvalue weighted by Crippen LogP contribution is -2.55. The van der Waals surface area contributed by atoms with Gasteiger partial charge >= 0.3 is 0 Å². The third-order valence-electron chi connectivity index (χ3n) is 6.21. The second-order valence-electron chi connectivity index (χ2n) is 8.62. The van der Waals surface area contributed by atoms with Crippen molar-refractivity contribution in [3.05, 3.63) is 23.3 Å². The highest BCUT2D eigenvalue weighted by Gasteiger charge is 2.31. The Balaban J connectivity index is 1.42. The Hall–Kier alpha value is -2.48. The first-order valence-electron chi connectivity index (χ1n) is 12.0. The van der Waals surface area contributed by atoms with Gasteiger partial charge in [0.2, 0.25) is 0 Å². The molecule has 0 aromatic heterocycles. The van der Waals surface area contributed by atoms with Gasteiger partial charge in [0.05, 0.1) is 13.2 Å². The molecule has 0 spiro atoms. The van der Waals surface area contributed by atoms with Crippen LogP contribution in [0.1, 0.15) is 44.7 Å². The highest BCUT2D eigenvalue weighted by Crippen LogP contribution is 2.35. The Morgan fingerprint density at radius 1 is 1.22 bits per heavy atom. The molecule has 3 heterocycles. The molecule has 8 nitrogen and oxygen atoms in total. The molecule has 2 unspecified atom stereocenters. The molecule has 1 aromatic rings. The summed E-state index contributed by atoms with van der Waals surface area (Å²) < 4.78 is 17.4. The number of benzene rings is 1. The highest BCUT2D eigenvalue weighted by molar-refractivity contribution is 5.83. The summed E-state index contributed by atoms with van der Waals surface area (Å²) in [5, 5.41) is 3.41. The van der Waals surface area contributed by atoms with E-state index in [0.717, 1.165) is 61.9 Å². The van der Waals surface area contributed by atoms with E-state index < -0.39 is 0 Å². The van der Waals surface area contributed by atoms with E-state index in [9.17, 15) is 4.79 Å². The number of guanidine groups is 1. The monoisotopic (exact) mass is 444 g/mol. The van der Waals surface area contributed by atoms with Crippen LogP contribution in [0.2, 0.25) is 0 Å². The number of carbonyl (C=O) groups excluding carboxylic acids is 1. The number of nitrogens with zero attached hydrogens (tertiary/aromatic N) is 3. The molecule has 3 aliphatic rings. The number of hydrogen-bond donors (Lipinski definition) is 1. The Morgan fingerprint density at radius 3 is 2.69 bits per heavy atom. The number of hydrogen-bond acceptors (Lipinski definition) is 5. The van der Waals surface area contributed by atoms with E-state index in [0.29, 0.717) is 32.8 Å². The Morgan fingerprint density at radius 2 is 2.00 bits per heavy atom. The quantitative estimate of drug-likeness (QED) is 0.536. The summed E-state index contributed by atoms with van der Waals surface area (Å²) in [5.74, 6) is 2.83. The smallest absolute Gasteiger partial charge is 0.251 e. The van der Waals surface area contributed by atoms with Gasteiger partial charge in [-0.2, -0.15) is 0 Å². The van der Waals surface area contributed by atoms with E-state index in [1.807, 2.05) is 11.8 Å². The number of amides is 1. The van der Waals surface area contributed by atoms with Crippen molar-refractivity contribution >= 4 is 11.9 Å². The van der Waals surface area contributed by atoms with E-state index in [1.54, 1.807) is 0 Å². The second kappa shape index (κ2) is 10.4. The number of piperazine rings is 1. The Kier molecular flexibility index (Phi) is 7.40.